The van der Waals surface area contributed by atoms with E-state index in [1.165, 1.54) is 12.8 Å². The van der Waals surface area contributed by atoms with Gasteiger partial charge < -0.3 is 15.3 Å². The Labute approximate surface area is 121 Å². The van der Waals surface area contributed by atoms with Crippen LogP contribution in [-0.2, 0) is 4.79 Å². The Morgan fingerprint density at radius 2 is 1.90 bits per heavy atom. The quantitative estimate of drug-likeness (QED) is 0.755. The van der Waals surface area contributed by atoms with Crippen molar-refractivity contribution in [3.05, 3.63) is 0 Å². The lowest BCUT2D eigenvalue weighted by molar-refractivity contribution is -0.139. The minimum atomic E-state index is -0.937. The molecule has 1 saturated heterocycles. The maximum atomic E-state index is 12.1. The summed E-state index contributed by atoms with van der Waals surface area (Å²) in [5.41, 5.74) is 0. The average molecular weight is 284 g/mol. The van der Waals surface area contributed by atoms with Gasteiger partial charge in [0.2, 0.25) is 0 Å². The summed E-state index contributed by atoms with van der Waals surface area (Å²) in [6, 6.07) is -0.973. The van der Waals surface area contributed by atoms with Crippen LogP contribution in [0.4, 0.5) is 4.79 Å². The van der Waals surface area contributed by atoms with Gasteiger partial charge in [-0.2, -0.15) is 0 Å². The molecule has 2 amide bonds. The van der Waals surface area contributed by atoms with E-state index in [0.29, 0.717) is 6.42 Å². The van der Waals surface area contributed by atoms with Gasteiger partial charge in [0, 0.05) is 13.1 Å². The second kappa shape index (κ2) is 8.82. The van der Waals surface area contributed by atoms with E-state index >= 15 is 0 Å². The van der Waals surface area contributed by atoms with Crippen LogP contribution in [0.15, 0.2) is 0 Å². The number of carboxylic acids is 1. The van der Waals surface area contributed by atoms with Gasteiger partial charge in [0.15, 0.2) is 0 Å². The van der Waals surface area contributed by atoms with Crippen molar-refractivity contribution in [2.45, 2.75) is 64.8 Å². The zero-order valence-electron chi connectivity index (χ0n) is 12.7. The number of carbonyl (C=O) groups is 2. The van der Waals surface area contributed by atoms with Crippen LogP contribution in [-0.4, -0.2) is 41.1 Å². The molecule has 2 N–H and O–H groups in total. The van der Waals surface area contributed by atoms with Gasteiger partial charge in [0.1, 0.15) is 6.04 Å². The van der Waals surface area contributed by atoms with E-state index in [4.69, 9.17) is 5.11 Å². The predicted octanol–water partition coefficient (Wildman–Crippen LogP) is 2.85. The number of amides is 2. The highest BCUT2D eigenvalue weighted by molar-refractivity contribution is 5.82. The van der Waals surface area contributed by atoms with Crippen LogP contribution in [0.5, 0.6) is 0 Å². The standard InChI is InChI=1S/C15H28N2O3/c1-3-5-7-13(14(18)19)16-15(20)17-10-8-12(6-4-2)9-11-17/h12-13H,3-11H2,1-2H3,(H,16,20)(H,18,19). The third-order valence-corrected chi connectivity index (χ3v) is 4.04. The van der Waals surface area contributed by atoms with Crippen LogP contribution >= 0.6 is 0 Å². The third-order valence-electron chi connectivity index (χ3n) is 4.04. The fourth-order valence-corrected chi connectivity index (χ4v) is 2.74. The fraction of sp³-hybridized carbons (Fsp3) is 0.867. The minimum Gasteiger partial charge on any atom is -0.480 e. The average Bonchev–Trinajstić information content (AvgIpc) is 2.44. The summed E-state index contributed by atoms with van der Waals surface area (Å²) < 4.78 is 0. The van der Waals surface area contributed by atoms with Crippen molar-refractivity contribution < 1.29 is 14.7 Å². The number of carboxylic acid groups (broad SMARTS) is 1. The fourth-order valence-electron chi connectivity index (χ4n) is 2.74. The molecular formula is C15H28N2O3. The molecule has 0 bridgehead atoms. The van der Waals surface area contributed by atoms with E-state index in [9.17, 15) is 9.59 Å². The molecule has 0 aliphatic carbocycles. The first-order valence-electron chi connectivity index (χ1n) is 7.86. The molecule has 0 aromatic carbocycles. The van der Waals surface area contributed by atoms with E-state index in [-0.39, 0.29) is 6.03 Å². The number of hydrogen-bond acceptors (Lipinski definition) is 2. The first-order chi connectivity index (χ1) is 9.58. The minimum absolute atomic E-state index is 0.219. The van der Waals surface area contributed by atoms with Crippen molar-refractivity contribution in [1.29, 1.82) is 0 Å². The SMILES string of the molecule is CCCCC(NC(=O)N1CCC(CCC)CC1)C(=O)O. The lowest BCUT2D eigenvalue weighted by Crippen LogP contribution is -2.50. The molecule has 1 aliphatic rings. The maximum absolute atomic E-state index is 12.1. The normalized spacial score (nSPS) is 17.8. The lowest BCUT2D eigenvalue weighted by Gasteiger charge is -2.32. The smallest absolute Gasteiger partial charge is 0.326 e. The van der Waals surface area contributed by atoms with Crippen LogP contribution < -0.4 is 5.32 Å². The van der Waals surface area contributed by atoms with Gasteiger partial charge in [-0.1, -0.05) is 39.5 Å². The van der Waals surface area contributed by atoms with Gasteiger partial charge in [0.25, 0.3) is 0 Å². The molecule has 1 rings (SSSR count). The first kappa shape index (κ1) is 16.8. The Kier molecular flexibility index (Phi) is 7.41. The summed E-state index contributed by atoms with van der Waals surface area (Å²) in [6.45, 7) is 5.69. The molecule has 0 aromatic rings. The molecule has 5 nitrogen and oxygen atoms in total. The van der Waals surface area contributed by atoms with Crippen molar-refractivity contribution in [1.82, 2.24) is 10.2 Å². The van der Waals surface area contributed by atoms with Crippen molar-refractivity contribution in [2.24, 2.45) is 5.92 Å². The summed E-state index contributed by atoms with van der Waals surface area (Å²) in [4.78, 5) is 25.0. The van der Waals surface area contributed by atoms with Crippen LogP contribution in [0.3, 0.4) is 0 Å². The first-order valence-corrected chi connectivity index (χ1v) is 7.86. The molecule has 20 heavy (non-hydrogen) atoms. The molecule has 5 heteroatoms. The number of likely N-dealkylation sites (tertiary alicyclic amines) is 1. The highest BCUT2D eigenvalue weighted by Gasteiger charge is 2.26. The molecule has 0 spiro atoms. The molecule has 116 valence electrons. The number of rotatable bonds is 7. The van der Waals surface area contributed by atoms with Crippen molar-refractivity contribution in [3.63, 3.8) is 0 Å². The van der Waals surface area contributed by atoms with Crippen LogP contribution in [0, 0.1) is 5.92 Å². The number of urea groups is 1. The van der Waals surface area contributed by atoms with Crippen molar-refractivity contribution >= 4 is 12.0 Å². The predicted molar refractivity (Wildman–Crippen MR) is 78.7 cm³/mol. The number of aliphatic carboxylic acids is 1. The number of piperidine rings is 1. The summed E-state index contributed by atoms with van der Waals surface area (Å²) in [5.74, 6) is -0.216. The highest BCUT2D eigenvalue weighted by atomic mass is 16.4. The van der Waals surface area contributed by atoms with E-state index < -0.39 is 12.0 Å². The number of carbonyl (C=O) groups excluding carboxylic acids is 1. The summed E-state index contributed by atoms with van der Waals surface area (Å²) in [6.07, 6.45) is 6.74. The Morgan fingerprint density at radius 1 is 1.25 bits per heavy atom. The topological polar surface area (TPSA) is 69.6 Å². The summed E-state index contributed by atoms with van der Waals surface area (Å²) in [5, 5.41) is 11.8. The van der Waals surface area contributed by atoms with E-state index in [2.05, 4.69) is 12.2 Å². The zero-order valence-corrected chi connectivity index (χ0v) is 12.7. The highest BCUT2D eigenvalue weighted by Crippen LogP contribution is 2.21. The van der Waals surface area contributed by atoms with Crippen LogP contribution in [0.2, 0.25) is 0 Å². The number of nitrogens with zero attached hydrogens (tertiary/aromatic N) is 1. The molecule has 0 aromatic heterocycles. The second-order valence-corrected chi connectivity index (χ2v) is 5.70. The molecule has 1 heterocycles. The molecule has 1 atom stereocenters. The zero-order chi connectivity index (χ0) is 15.0. The van der Waals surface area contributed by atoms with E-state index in [0.717, 1.165) is 44.7 Å². The van der Waals surface area contributed by atoms with Gasteiger partial charge in [-0.3, -0.25) is 0 Å². The lowest BCUT2D eigenvalue weighted by atomic mass is 9.93. The van der Waals surface area contributed by atoms with Gasteiger partial charge >= 0.3 is 12.0 Å². The Morgan fingerprint density at radius 3 is 2.40 bits per heavy atom. The van der Waals surface area contributed by atoms with Gasteiger partial charge in [0.05, 0.1) is 0 Å². The molecule has 0 saturated carbocycles. The van der Waals surface area contributed by atoms with Gasteiger partial charge in [-0.05, 0) is 25.2 Å². The van der Waals surface area contributed by atoms with Crippen molar-refractivity contribution in [2.75, 3.05) is 13.1 Å². The monoisotopic (exact) mass is 284 g/mol. The molecule has 1 unspecified atom stereocenters. The van der Waals surface area contributed by atoms with Crippen LogP contribution in [0.25, 0.3) is 0 Å². The summed E-state index contributed by atoms with van der Waals surface area (Å²) in [7, 11) is 0. The Balaban J connectivity index is 2.39. The molecule has 1 aliphatic heterocycles. The molecular weight excluding hydrogens is 256 g/mol. The number of unbranched alkanes of at least 4 members (excludes halogenated alkanes) is 1. The maximum Gasteiger partial charge on any atom is 0.326 e. The Bertz CT molecular complexity index is 312. The molecule has 0 radical (unpaired) electrons. The third kappa shape index (κ3) is 5.39. The van der Waals surface area contributed by atoms with Gasteiger partial charge in [-0.15, -0.1) is 0 Å². The van der Waals surface area contributed by atoms with E-state index in [1.807, 2.05) is 6.92 Å². The Hall–Kier alpha value is -1.26. The van der Waals surface area contributed by atoms with Gasteiger partial charge in [-0.25, -0.2) is 9.59 Å². The van der Waals surface area contributed by atoms with E-state index in [1.54, 1.807) is 4.90 Å². The largest absolute Gasteiger partial charge is 0.480 e. The number of nitrogens with one attached hydrogen (secondary N) is 1. The number of hydrogen-bond donors (Lipinski definition) is 2. The second-order valence-electron chi connectivity index (χ2n) is 5.70. The van der Waals surface area contributed by atoms with Crippen molar-refractivity contribution in [3.8, 4) is 0 Å². The van der Waals surface area contributed by atoms with Crippen LogP contribution in [0.1, 0.15) is 58.8 Å². The summed E-state index contributed by atoms with van der Waals surface area (Å²) >= 11 is 0. The molecule has 1 fully saturated rings.